The van der Waals surface area contributed by atoms with Gasteiger partial charge in [-0.15, -0.1) is 0 Å². The van der Waals surface area contributed by atoms with Crippen LogP contribution in [-0.2, 0) is 6.54 Å². The molecule has 0 saturated carbocycles. The molecule has 1 fully saturated rings. The Labute approximate surface area is 101 Å². The molecule has 0 bridgehead atoms. The minimum absolute atomic E-state index is 0.0740. The Kier molecular flexibility index (Phi) is 3.64. The molecular weight excluding hydrogens is 216 g/mol. The zero-order valence-corrected chi connectivity index (χ0v) is 10.0. The van der Waals surface area contributed by atoms with Crippen molar-refractivity contribution in [2.24, 2.45) is 0 Å². The van der Waals surface area contributed by atoms with Crippen LogP contribution in [0.1, 0.15) is 12.5 Å². The maximum atomic E-state index is 10.9. The van der Waals surface area contributed by atoms with Crippen LogP contribution in [0.2, 0.25) is 0 Å². The summed E-state index contributed by atoms with van der Waals surface area (Å²) < 4.78 is 0. The average Bonchev–Trinajstić information content (AvgIpc) is 2.30. The number of benzene rings is 1. The summed E-state index contributed by atoms with van der Waals surface area (Å²) in [5, 5.41) is 8.99. The fourth-order valence-corrected chi connectivity index (χ4v) is 2.30. The summed E-state index contributed by atoms with van der Waals surface area (Å²) in [6.07, 6.45) is -0.808. The van der Waals surface area contributed by atoms with E-state index in [1.165, 1.54) is 10.5 Å². The summed E-state index contributed by atoms with van der Waals surface area (Å²) in [6.45, 7) is 5.08. The minimum Gasteiger partial charge on any atom is -0.465 e. The van der Waals surface area contributed by atoms with E-state index in [0.717, 1.165) is 19.6 Å². The number of nitrogens with zero attached hydrogens (tertiary/aromatic N) is 2. The summed E-state index contributed by atoms with van der Waals surface area (Å²) in [6, 6.07) is 10.4. The molecule has 0 aliphatic carbocycles. The van der Waals surface area contributed by atoms with Crippen LogP contribution in [0.4, 0.5) is 4.79 Å². The standard InChI is InChI=1S/C13H18N2O2/c1-11-9-14(7-8-15(11)13(16)17)10-12-5-3-2-4-6-12/h2-6,11H,7-10H2,1H3,(H,16,17)/t11-/m1/s1. The molecule has 1 heterocycles. The van der Waals surface area contributed by atoms with Gasteiger partial charge in [0.05, 0.1) is 0 Å². The van der Waals surface area contributed by atoms with Crippen LogP contribution in [0.25, 0.3) is 0 Å². The van der Waals surface area contributed by atoms with Crippen molar-refractivity contribution in [1.29, 1.82) is 0 Å². The zero-order valence-electron chi connectivity index (χ0n) is 10.0. The average molecular weight is 234 g/mol. The molecule has 0 aromatic heterocycles. The smallest absolute Gasteiger partial charge is 0.407 e. The normalized spacial score (nSPS) is 21.5. The summed E-state index contributed by atoms with van der Waals surface area (Å²) in [7, 11) is 0. The van der Waals surface area contributed by atoms with Crippen LogP contribution in [0.15, 0.2) is 30.3 Å². The van der Waals surface area contributed by atoms with E-state index in [1.807, 2.05) is 25.1 Å². The van der Waals surface area contributed by atoms with Gasteiger partial charge >= 0.3 is 6.09 Å². The number of rotatable bonds is 2. The zero-order chi connectivity index (χ0) is 12.3. The molecule has 4 heteroatoms. The van der Waals surface area contributed by atoms with Crippen LogP contribution in [0.3, 0.4) is 0 Å². The molecule has 17 heavy (non-hydrogen) atoms. The quantitative estimate of drug-likeness (QED) is 0.849. The van der Waals surface area contributed by atoms with Crippen molar-refractivity contribution in [3.8, 4) is 0 Å². The molecule has 1 N–H and O–H groups in total. The largest absolute Gasteiger partial charge is 0.465 e. The molecule has 1 aliphatic heterocycles. The maximum Gasteiger partial charge on any atom is 0.407 e. The van der Waals surface area contributed by atoms with Crippen LogP contribution in [0, 0.1) is 0 Å². The first-order valence-electron chi connectivity index (χ1n) is 5.92. The molecule has 4 nitrogen and oxygen atoms in total. The Morgan fingerprint density at radius 1 is 1.35 bits per heavy atom. The molecule has 0 unspecified atom stereocenters. The minimum atomic E-state index is -0.808. The van der Waals surface area contributed by atoms with Crippen molar-refractivity contribution in [2.45, 2.75) is 19.5 Å². The van der Waals surface area contributed by atoms with E-state index in [1.54, 1.807) is 0 Å². The lowest BCUT2D eigenvalue weighted by Gasteiger charge is -2.38. The van der Waals surface area contributed by atoms with E-state index in [4.69, 9.17) is 5.11 Å². The van der Waals surface area contributed by atoms with Crippen molar-refractivity contribution < 1.29 is 9.90 Å². The number of carboxylic acid groups (broad SMARTS) is 1. The van der Waals surface area contributed by atoms with Gasteiger partial charge in [-0.25, -0.2) is 4.79 Å². The number of hydrogen-bond acceptors (Lipinski definition) is 2. The molecule has 1 aromatic rings. The molecule has 0 radical (unpaired) electrons. The second-order valence-corrected chi connectivity index (χ2v) is 4.55. The summed E-state index contributed by atoms with van der Waals surface area (Å²) in [4.78, 5) is 14.8. The van der Waals surface area contributed by atoms with Crippen molar-refractivity contribution in [1.82, 2.24) is 9.80 Å². The molecule has 92 valence electrons. The predicted octanol–water partition coefficient (Wildman–Crippen LogP) is 1.87. The van der Waals surface area contributed by atoms with Gasteiger partial charge in [-0.05, 0) is 12.5 Å². The fourth-order valence-electron chi connectivity index (χ4n) is 2.30. The molecule has 1 aromatic carbocycles. The first kappa shape index (κ1) is 11.9. The SMILES string of the molecule is C[C@@H]1CN(Cc2ccccc2)CCN1C(=O)O. The Balaban J connectivity index is 1.92. The Morgan fingerprint density at radius 3 is 2.65 bits per heavy atom. The summed E-state index contributed by atoms with van der Waals surface area (Å²) >= 11 is 0. The van der Waals surface area contributed by atoms with Gasteiger partial charge in [-0.2, -0.15) is 0 Å². The predicted molar refractivity (Wildman–Crippen MR) is 65.9 cm³/mol. The third kappa shape index (κ3) is 2.97. The molecule has 2 rings (SSSR count). The highest BCUT2D eigenvalue weighted by Gasteiger charge is 2.26. The molecule has 0 spiro atoms. The summed E-state index contributed by atoms with van der Waals surface area (Å²) in [5.74, 6) is 0. The molecule has 1 amide bonds. The molecule has 1 atom stereocenters. The Morgan fingerprint density at radius 2 is 2.06 bits per heavy atom. The highest BCUT2D eigenvalue weighted by molar-refractivity contribution is 5.65. The third-order valence-electron chi connectivity index (χ3n) is 3.21. The van der Waals surface area contributed by atoms with Crippen LogP contribution >= 0.6 is 0 Å². The highest BCUT2D eigenvalue weighted by atomic mass is 16.4. The van der Waals surface area contributed by atoms with E-state index < -0.39 is 6.09 Å². The second-order valence-electron chi connectivity index (χ2n) is 4.55. The molecule has 1 saturated heterocycles. The first-order valence-corrected chi connectivity index (χ1v) is 5.92. The van der Waals surface area contributed by atoms with Crippen LogP contribution in [-0.4, -0.2) is 46.7 Å². The summed E-state index contributed by atoms with van der Waals surface area (Å²) in [5.41, 5.74) is 1.28. The van der Waals surface area contributed by atoms with Crippen molar-refractivity contribution in [3.05, 3.63) is 35.9 Å². The second kappa shape index (κ2) is 5.19. The van der Waals surface area contributed by atoms with E-state index in [2.05, 4.69) is 17.0 Å². The lowest BCUT2D eigenvalue weighted by Crippen LogP contribution is -2.53. The van der Waals surface area contributed by atoms with Crippen LogP contribution in [0.5, 0.6) is 0 Å². The van der Waals surface area contributed by atoms with Gasteiger partial charge < -0.3 is 10.0 Å². The van der Waals surface area contributed by atoms with Crippen LogP contribution < -0.4 is 0 Å². The van der Waals surface area contributed by atoms with Crippen molar-refractivity contribution >= 4 is 6.09 Å². The van der Waals surface area contributed by atoms with Crippen molar-refractivity contribution in [2.75, 3.05) is 19.6 Å². The van der Waals surface area contributed by atoms with Gasteiger partial charge in [0, 0.05) is 32.2 Å². The van der Waals surface area contributed by atoms with Gasteiger partial charge in [0.1, 0.15) is 0 Å². The topological polar surface area (TPSA) is 43.8 Å². The third-order valence-corrected chi connectivity index (χ3v) is 3.21. The Bertz CT molecular complexity index is 380. The van der Waals surface area contributed by atoms with E-state index in [0.29, 0.717) is 6.54 Å². The number of hydrogen-bond donors (Lipinski definition) is 1. The lowest BCUT2D eigenvalue weighted by atomic mass is 10.1. The molecule has 1 aliphatic rings. The monoisotopic (exact) mass is 234 g/mol. The molecular formula is C13H18N2O2. The van der Waals surface area contributed by atoms with Crippen molar-refractivity contribution in [3.63, 3.8) is 0 Å². The Hall–Kier alpha value is -1.55. The number of amides is 1. The van der Waals surface area contributed by atoms with E-state index >= 15 is 0 Å². The first-order chi connectivity index (χ1) is 8.16. The van der Waals surface area contributed by atoms with Gasteiger partial charge in [0.25, 0.3) is 0 Å². The fraction of sp³-hybridized carbons (Fsp3) is 0.462. The highest BCUT2D eigenvalue weighted by Crippen LogP contribution is 2.12. The number of piperazine rings is 1. The lowest BCUT2D eigenvalue weighted by molar-refractivity contribution is 0.0711. The van der Waals surface area contributed by atoms with E-state index in [-0.39, 0.29) is 6.04 Å². The maximum absolute atomic E-state index is 10.9. The van der Waals surface area contributed by atoms with Gasteiger partial charge in [0.2, 0.25) is 0 Å². The number of carbonyl (C=O) groups is 1. The van der Waals surface area contributed by atoms with Gasteiger partial charge in [-0.1, -0.05) is 30.3 Å². The van der Waals surface area contributed by atoms with Gasteiger partial charge in [0.15, 0.2) is 0 Å². The van der Waals surface area contributed by atoms with E-state index in [9.17, 15) is 4.79 Å². The van der Waals surface area contributed by atoms with Gasteiger partial charge in [-0.3, -0.25) is 4.90 Å².